The fraction of sp³-hybridized carbons (Fsp3) is 0.700. The molecular formula is C10H15ClN2S2. The lowest BCUT2D eigenvalue weighted by Gasteiger charge is -2.33. The number of thioether (sulfide) groups is 1. The third-order valence-corrected chi connectivity index (χ3v) is 4.93. The smallest absolute Gasteiger partial charge is 0.185 e. The van der Waals surface area contributed by atoms with Crippen molar-refractivity contribution in [2.24, 2.45) is 0 Å². The van der Waals surface area contributed by atoms with Gasteiger partial charge in [-0.2, -0.15) is 11.8 Å². The number of aromatic nitrogens is 1. The molecule has 0 aromatic carbocycles. The third-order valence-electron chi connectivity index (χ3n) is 2.55. The molecule has 1 aromatic heterocycles. The van der Waals surface area contributed by atoms with E-state index in [1.54, 1.807) is 11.3 Å². The maximum absolute atomic E-state index is 5.99. The number of hydrogen-bond donors (Lipinski definition) is 0. The van der Waals surface area contributed by atoms with E-state index in [1.165, 1.54) is 11.4 Å². The summed E-state index contributed by atoms with van der Waals surface area (Å²) in [7, 11) is 0. The van der Waals surface area contributed by atoms with Crippen LogP contribution in [0, 0.1) is 0 Å². The number of thiazole rings is 1. The van der Waals surface area contributed by atoms with Gasteiger partial charge in [0.25, 0.3) is 0 Å². The fourth-order valence-corrected chi connectivity index (χ4v) is 4.10. The van der Waals surface area contributed by atoms with Crippen molar-refractivity contribution in [3.05, 3.63) is 11.1 Å². The number of hydrogen-bond acceptors (Lipinski definition) is 4. The van der Waals surface area contributed by atoms with Gasteiger partial charge in [-0.25, -0.2) is 4.98 Å². The number of nitrogens with zero attached hydrogens (tertiary/aromatic N) is 2. The summed E-state index contributed by atoms with van der Waals surface area (Å²) in [5, 5.41) is 3.31. The van der Waals surface area contributed by atoms with E-state index in [1.807, 2.05) is 11.8 Å². The molecule has 1 fully saturated rings. The summed E-state index contributed by atoms with van der Waals surface area (Å²) in [4.78, 5) is 7.00. The SMILES string of the molecule is CCc1csc(N2CCSCC2CCl)n1. The fourth-order valence-electron chi connectivity index (χ4n) is 1.63. The Bertz CT molecular complexity index is 316. The zero-order valence-electron chi connectivity index (χ0n) is 8.78. The first-order valence-electron chi connectivity index (χ1n) is 5.20. The zero-order chi connectivity index (χ0) is 10.7. The van der Waals surface area contributed by atoms with E-state index in [0.717, 1.165) is 23.8 Å². The molecule has 2 heterocycles. The Morgan fingerprint density at radius 2 is 2.53 bits per heavy atom. The number of aryl methyl sites for hydroxylation is 1. The Morgan fingerprint density at radius 1 is 1.67 bits per heavy atom. The molecule has 2 rings (SSSR count). The molecule has 0 amide bonds. The first-order chi connectivity index (χ1) is 7.35. The van der Waals surface area contributed by atoms with Crippen LogP contribution in [-0.4, -0.2) is 35.0 Å². The molecule has 84 valence electrons. The zero-order valence-corrected chi connectivity index (χ0v) is 11.2. The molecule has 1 aliphatic heterocycles. The summed E-state index contributed by atoms with van der Waals surface area (Å²) in [5.41, 5.74) is 1.20. The molecule has 1 aromatic rings. The van der Waals surface area contributed by atoms with Gasteiger partial charge in [0.1, 0.15) is 0 Å². The van der Waals surface area contributed by atoms with Crippen LogP contribution in [0.2, 0.25) is 0 Å². The van der Waals surface area contributed by atoms with Crippen molar-refractivity contribution in [3.8, 4) is 0 Å². The Kier molecular flexibility index (Phi) is 4.17. The summed E-state index contributed by atoms with van der Waals surface area (Å²) in [6.07, 6.45) is 1.02. The van der Waals surface area contributed by atoms with E-state index >= 15 is 0 Å². The van der Waals surface area contributed by atoms with Crippen LogP contribution in [0.4, 0.5) is 5.13 Å². The minimum absolute atomic E-state index is 0.460. The topological polar surface area (TPSA) is 16.1 Å². The summed E-state index contributed by atoms with van der Waals surface area (Å²) < 4.78 is 0. The highest BCUT2D eigenvalue weighted by Gasteiger charge is 2.24. The van der Waals surface area contributed by atoms with Crippen molar-refractivity contribution in [1.29, 1.82) is 0 Å². The van der Waals surface area contributed by atoms with Crippen molar-refractivity contribution < 1.29 is 0 Å². The minimum Gasteiger partial charge on any atom is -0.342 e. The van der Waals surface area contributed by atoms with Gasteiger partial charge in [-0.05, 0) is 6.42 Å². The predicted octanol–water partition coefficient (Wildman–Crippen LogP) is 2.87. The van der Waals surface area contributed by atoms with Crippen molar-refractivity contribution in [2.45, 2.75) is 19.4 Å². The first-order valence-corrected chi connectivity index (χ1v) is 7.76. The van der Waals surface area contributed by atoms with E-state index in [2.05, 4.69) is 22.2 Å². The largest absolute Gasteiger partial charge is 0.342 e. The average molecular weight is 263 g/mol. The molecule has 0 aliphatic carbocycles. The van der Waals surface area contributed by atoms with Gasteiger partial charge < -0.3 is 4.90 Å². The number of alkyl halides is 1. The normalized spacial score (nSPS) is 22.0. The highest BCUT2D eigenvalue weighted by atomic mass is 35.5. The molecule has 5 heteroatoms. The van der Waals surface area contributed by atoms with Gasteiger partial charge >= 0.3 is 0 Å². The quantitative estimate of drug-likeness (QED) is 0.780. The summed E-state index contributed by atoms with van der Waals surface area (Å²) in [6, 6.07) is 0.460. The maximum Gasteiger partial charge on any atom is 0.185 e. The summed E-state index contributed by atoms with van der Waals surface area (Å²) in [5.74, 6) is 3.02. The highest BCUT2D eigenvalue weighted by Crippen LogP contribution is 2.27. The average Bonchev–Trinajstić information content (AvgIpc) is 2.77. The predicted molar refractivity (Wildman–Crippen MR) is 70.7 cm³/mol. The molecule has 1 unspecified atom stereocenters. The first kappa shape index (κ1) is 11.6. The van der Waals surface area contributed by atoms with Gasteiger partial charge in [-0.15, -0.1) is 22.9 Å². The lowest BCUT2D eigenvalue weighted by Crippen LogP contribution is -2.43. The van der Waals surface area contributed by atoms with Crippen LogP contribution in [0.3, 0.4) is 0 Å². The van der Waals surface area contributed by atoms with Crippen molar-refractivity contribution in [3.63, 3.8) is 0 Å². The van der Waals surface area contributed by atoms with Crippen LogP contribution < -0.4 is 4.90 Å². The van der Waals surface area contributed by atoms with Crippen molar-refractivity contribution in [2.75, 3.05) is 28.8 Å². The van der Waals surface area contributed by atoms with Crippen LogP contribution in [0.1, 0.15) is 12.6 Å². The summed E-state index contributed by atoms with van der Waals surface area (Å²) in [6.45, 7) is 3.22. The van der Waals surface area contributed by atoms with Gasteiger partial charge in [0.2, 0.25) is 0 Å². The molecule has 0 radical (unpaired) electrons. The third kappa shape index (κ3) is 2.60. The Morgan fingerprint density at radius 3 is 3.20 bits per heavy atom. The summed E-state index contributed by atoms with van der Waals surface area (Å²) >= 11 is 9.72. The molecule has 0 N–H and O–H groups in total. The monoisotopic (exact) mass is 262 g/mol. The van der Waals surface area contributed by atoms with Crippen molar-refractivity contribution >= 4 is 39.8 Å². The minimum atomic E-state index is 0.460. The van der Waals surface area contributed by atoms with E-state index < -0.39 is 0 Å². The lowest BCUT2D eigenvalue weighted by molar-refractivity contribution is 0.701. The molecule has 2 nitrogen and oxygen atoms in total. The van der Waals surface area contributed by atoms with Gasteiger partial charge in [0.15, 0.2) is 5.13 Å². The standard InChI is InChI=1S/C10H15ClN2S2/c1-2-8-6-15-10(12-8)13-3-4-14-7-9(13)5-11/h6,9H,2-5,7H2,1H3. The van der Waals surface area contributed by atoms with Crippen LogP contribution in [0.25, 0.3) is 0 Å². The van der Waals surface area contributed by atoms with Gasteiger partial charge in [0.05, 0.1) is 11.7 Å². The Hall–Kier alpha value is 0.0700. The molecule has 1 aliphatic rings. The second-order valence-corrected chi connectivity index (χ2v) is 5.85. The highest BCUT2D eigenvalue weighted by molar-refractivity contribution is 7.99. The maximum atomic E-state index is 5.99. The van der Waals surface area contributed by atoms with Gasteiger partial charge in [-0.1, -0.05) is 6.92 Å². The van der Waals surface area contributed by atoms with E-state index in [-0.39, 0.29) is 0 Å². The Labute approximate surface area is 104 Å². The molecule has 0 saturated carbocycles. The molecule has 1 atom stereocenters. The molecule has 15 heavy (non-hydrogen) atoms. The van der Waals surface area contributed by atoms with Crippen LogP contribution in [0.15, 0.2) is 5.38 Å². The second kappa shape index (κ2) is 5.41. The number of anilines is 1. The molecular weight excluding hydrogens is 248 g/mol. The van der Waals surface area contributed by atoms with E-state index in [9.17, 15) is 0 Å². The van der Waals surface area contributed by atoms with Gasteiger partial charge in [0, 0.05) is 29.3 Å². The molecule has 0 spiro atoms. The number of halogens is 1. The van der Waals surface area contributed by atoms with Crippen LogP contribution in [0.5, 0.6) is 0 Å². The number of rotatable bonds is 3. The van der Waals surface area contributed by atoms with E-state index in [0.29, 0.717) is 11.9 Å². The van der Waals surface area contributed by atoms with Gasteiger partial charge in [-0.3, -0.25) is 0 Å². The van der Waals surface area contributed by atoms with Crippen LogP contribution >= 0.6 is 34.7 Å². The second-order valence-electron chi connectivity index (χ2n) is 3.55. The van der Waals surface area contributed by atoms with Crippen LogP contribution in [-0.2, 0) is 6.42 Å². The molecule has 1 saturated heterocycles. The lowest BCUT2D eigenvalue weighted by atomic mass is 10.3. The van der Waals surface area contributed by atoms with E-state index in [4.69, 9.17) is 11.6 Å². The Balaban J connectivity index is 2.12. The molecule has 0 bridgehead atoms. The van der Waals surface area contributed by atoms with Crippen molar-refractivity contribution in [1.82, 2.24) is 4.98 Å².